The summed E-state index contributed by atoms with van der Waals surface area (Å²) in [6.07, 6.45) is 6.17. The van der Waals surface area contributed by atoms with Crippen LogP contribution in [0.4, 0.5) is 0 Å². The zero-order valence-corrected chi connectivity index (χ0v) is 7.59. The molecule has 1 aromatic heterocycles. The van der Waals surface area contributed by atoms with Crippen molar-refractivity contribution in [3.05, 3.63) is 17.7 Å². The van der Waals surface area contributed by atoms with Gasteiger partial charge in [0.15, 0.2) is 0 Å². The molecule has 0 aromatic carbocycles. The quantitative estimate of drug-likeness (QED) is 0.753. The van der Waals surface area contributed by atoms with Gasteiger partial charge in [0.1, 0.15) is 0 Å². The Morgan fingerprint density at radius 1 is 1.75 bits per heavy atom. The molecule has 2 rings (SSSR count). The predicted molar refractivity (Wildman–Crippen MR) is 48.3 cm³/mol. The van der Waals surface area contributed by atoms with Crippen LogP contribution in [0, 0.1) is 0 Å². The van der Waals surface area contributed by atoms with Gasteiger partial charge in [0.2, 0.25) is 5.28 Å². The zero-order chi connectivity index (χ0) is 8.39. The topological polar surface area (TPSA) is 29.9 Å². The maximum absolute atomic E-state index is 5.84. The van der Waals surface area contributed by atoms with Gasteiger partial charge in [0.25, 0.3) is 0 Å². The van der Waals surface area contributed by atoms with E-state index in [9.17, 15) is 0 Å². The monoisotopic (exact) mass is 185 g/mol. The first-order chi connectivity index (χ1) is 5.86. The Labute approximate surface area is 76.7 Å². The molecule has 0 spiro atoms. The summed E-state index contributed by atoms with van der Waals surface area (Å²) < 4.78 is 1.98. The van der Waals surface area contributed by atoms with Crippen molar-refractivity contribution in [3.8, 4) is 0 Å². The minimum absolute atomic E-state index is 0.580. The van der Waals surface area contributed by atoms with Crippen LogP contribution in [0.25, 0.3) is 0 Å². The second kappa shape index (κ2) is 3.46. The van der Waals surface area contributed by atoms with Crippen molar-refractivity contribution >= 4 is 11.6 Å². The Morgan fingerprint density at radius 2 is 2.67 bits per heavy atom. The molecule has 1 atom stereocenters. The van der Waals surface area contributed by atoms with Gasteiger partial charge in [0, 0.05) is 25.0 Å². The Morgan fingerprint density at radius 3 is 3.25 bits per heavy atom. The van der Waals surface area contributed by atoms with E-state index in [-0.39, 0.29) is 0 Å². The minimum atomic E-state index is 0.580. The van der Waals surface area contributed by atoms with Crippen molar-refractivity contribution < 1.29 is 0 Å². The molecule has 1 N–H and O–H groups in total. The van der Waals surface area contributed by atoms with E-state index < -0.39 is 0 Å². The van der Waals surface area contributed by atoms with E-state index in [0.29, 0.717) is 11.3 Å². The molecule has 66 valence electrons. The van der Waals surface area contributed by atoms with E-state index in [1.807, 2.05) is 10.8 Å². The lowest BCUT2D eigenvalue weighted by atomic mass is 10.2. The maximum atomic E-state index is 5.84. The molecule has 0 saturated carbocycles. The van der Waals surface area contributed by atoms with Gasteiger partial charge < -0.3 is 9.88 Å². The van der Waals surface area contributed by atoms with Crippen molar-refractivity contribution in [2.24, 2.45) is 0 Å². The molecule has 0 amide bonds. The van der Waals surface area contributed by atoms with Crippen LogP contribution in [-0.4, -0.2) is 22.1 Å². The van der Waals surface area contributed by atoms with Crippen molar-refractivity contribution in [3.63, 3.8) is 0 Å². The SMILES string of the molecule is Clc1nccn1CC1CCCN1. The van der Waals surface area contributed by atoms with Crippen molar-refractivity contribution in [2.75, 3.05) is 6.54 Å². The second-order valence-electron chi connectivity index (χ2n) is 3.14. The molecular formula is C8H12ClN3. The Kier molecular flexibility index (Phi) is 2.33. The summed E-state index contributed by atoms with van der Waals surface area (Å²) >= 11 is 5.84. The molecule has 3 nitrogen and oxygen atoms in total. The molecule has 0 radical (unpaired) electrons. The summed E-state index contributed by atoms with van der Waals surface area (Å²) in [5.41, 5.74) is 0. The van der Waals surface area contributed by atoms with E-state index in [1.165, 1.54) is 12.8 Å². The average Bonchev–Trinajstić information content (AvgIpc) is 2.65. The van der Waals surface area contributed by atoms with Gasteiger partial charge >= 0.3 is 0 Å². The van der Waals surface area contributed by atoms with Crippen molar-refractivity contribution in [2.45, 2.75) is 25.4 Å². The number of aromatic nitrogens is 2. The standard InChI is InChI=1S/C8H12ClN3/c9-8-11-4-5-12(8)6-7-2-1-3-10-7/h4-5,7,10H,1-3,6H2. The molecule has 1 aliphatic rings. The highest BCUT2D eigenvalue weighted by Crippen LogP contribution is 2.11. The third-order valence-electron chi connectivity index (χ3n) is 2.24. The number of rotatable bonds is 2. The lowest BCUT2D eigenvalue weighted by Gasteiger charge is -2.10. The first kappa shape index (κ1) is 8.08. The number of halogens is 1. The van der Waals surface area contributed by atoms with Crippen LogP contribution in [0.1, 0.15) is 12.8 Å². The number of nitrogens with zero attached hydrogens (tertiary/aromatic N) is 2. The molecule has 2 heterocycles. The highest BCUT2D eigenvalue weighted by molar-refractivity contribution is 6.28. The molecule has 12 heavy (non-hydrogen) atoms. The molecule has 4 heteroatoms. The van der Waals surface area contributed by atoms with Gasteiger partial charge in [-0.1, -0.05) is 0 Å². The van der Waals surface area contributed by atoms with Gasteiger partial charge in [-0.15, -0.1) is 0 Å². The van der Waals surface area contributed by atoms with Crippen molar-refractivity contribution in [1.29, 1.82) is 0 Å². The number of hydrogen-bond acceptors (Lipinski definition) is 2. The lowest BCUT2D eigenvalue weighted by molar-refractivity contribution is 0.509. The summed E-state index contributed by atoms with van der Waals surface area (Å²) in [5.74, 6) is 0. The fraction of sp³-hybridized carbons (Fsp3) is 0.625. The van der Waals surface area contributed by atoms with E-state index in [1.54, 1.807) is 6.20 Å². The molecular weight excluding hydrogens is 174 g/mol. The van der Waals surface area contributed by atoms with E-state index in [4.69, 9.17) is 11.6 Å². The van der Waals surface area contributed by atoms with Crippen LogP contribution >= 0.6 is 11.6 Å². The molecule has 1 aromatic rings. The molecule has 1 unspecified atom stereocenters. The van der Waals surface area contributed by atoms with Crippen LogP contribution in [0.3, 0.4) is 0 Å². The van der Waals surface area contributed by atoms with Crippen LogP contribution in [-0.2, 0) is 6.54 Å². The normalized spacial score (nSPS) is 23.2. The molecule has 1 saturated heterocycles. The van der Waals surface area contributed by atoms with Gasteiger partial charge in [-0.3, -0.25) is 0 Å². The molecule has 0 bridgehead atoms. The Balaban J connectivity index is 1.98. The number of nitrogens with one attached hydrogen (secondary N) is 1. The largest absolute Gasteiger partial charge is 0.320 e. The van der Waals surface area contributed by atoms with E-state index >= 15 is 0 Å². The Bertz CT molecular complexity index is 253. The first-order valence-electron chi connectivity index (χ1n) is 4.26. The van der Waals surface area contributed by atoms with Gasteiger partial charge in [-0.25, -0.2) is 4.98 Å². The average molecular weight is 186 g/mol. The summed E-state index contributed by atoms with van der Waals surface area (Å²) in [4.78, 5) is 3.96. The van der Waals surface area contributed by atoms with Gasteiger partial charge in [-0.2, -0.15) is 0 Å². The third-order valence-corrected chi connectivity index (χ3v) is 2.56. The van der Waals surface area contributed by atoms with Gasteiger partial charge in [0.05, 0.1) is 0 Å². The summed E-state index contributed by atoms with van der Waals surface area (Å²) in [5, 5.41) is 4.00. The van der Waals surface area contributed by atoms with Crippen LogP contribution < -0.4 is 5.32 Å². The fourth-order valence-corrected chi connectivity index (χ4v) is 1.78. The zero-order valence-electron chi connectivity index (χ0n) is 6.83. The maximum Gasteiger partial charge on any atom is 0.202 e. The summed E-state index contributed by atoms with van der Waals surface area (Å²) in [6.45, 7) is 2.08. The predicted octanol–water partition coefficient (Wildman–Crippen LogP) is 1.29. The fourth-order valence-electron chi connectivity index (χ4n) is 1.60. The second-order valence-corrected chi connectivity index (χ2v) is 3.48. The minimum Gasteiger partial charge on any atom is -0.320 e. The smallest absolute Gasteiger partial charge is 0.202 e. The van der Waals surface area contributed by atoms with E-state index in [0.717, 1.165) is 13.1 Å². The summed E-state index contributed by atoms with van der Waals surface area (Å²) in [6, 6.07) is 0.580. The third kappa shape index (κ3) is 1.62. The summed E-state index contributed by atoms with van der Waals surface area (Å²) in [7, 11) is 0. The van der Waals surface area contributed by atoms with Crippen LogP contribution in [0.5, 0.6) is 0 Å². The molecule has 1 aliphatic heterocycles. The van der Waals surface area contributed by atoms with Gasteiger partial charge in [-0.05, 0) is 31.0 Å². The highest BCUT2D eigenvalue weighted by atomic mass is 35.5. The number of imidazole rings is 1. The first-order valence-corrected chi connectivity index (χ1v) is 4.64. The van der Waals surface area contributed by atoms with Crippen molar-refractivity contribution in [1.82, 2.24) is 14.9 Å². The molecule has 1 fully saturated rings. The lowest BCUT2D eigenvalue weighted by Crippen LogP contribution is -2.26. The van der Waals surface area contributed by atoms with Crippen LogP contribution in [0.2, 0.25) is 5.28 Å². The van der Waals surface area contributed by atoms with E-state index in [2.05, 4.69) is 10.3 Å². The Hall–Kier alpha value is -0.540. The molecule has 0 aliphatic carbocycles. The number of hydrogen-bond donors (Lipinski definition) is 1. The van der Waals surface area contributed by atoms with Crippen LogP contribution in [0.15, 0.2) is 12.4 Å². The highest BCUT2D eigenvalue weighted by Gasteiger charge is 2.14.